The van der Waals surface area contributed by atoms with Crippen molar-refractivity contribution in [1.29, 1.82) is 0 Å². The zero-order chi connectivity index (χ0) is 22.3. The maximum absolute atomic E-state index is 13.2. The average molecular weight is 438 g/mol. The summed E-state index contributed by atoms with van der Waals surface area (Å²) in [6.07, 6.45) is 6.16. The van der Waals surface area contributed by atoms with Gasteiger partial charge in [-0.25, -0.2) is 4.39 Å². The molecule has 2 aromatic rings. The van der Waals surface area contributed by atoms with Crippen LogP contribution in [0.5, 0.6) is 0 Å². The van der Waals surface area contributed by atoms with Crippen molar-refractivity contribution in [3.05, 3.63) is 65.5 Å². The number of anilines is 1. The monoisotopic (exact) mass is 437 g/mol. The maximum atomic E-state index is 13.2. The van der Waals surface area contributed by atoms with Gasteiger partial charge in [-0.2, -0.15) is 0 Å². The van der Waals surface area contributed by atoms with Crippen LogP contribution in [0.3, 0.4) is 0 Å². The Morgan fingerprint density at radius 1 is 0.906 bits per heavy atom. The van der Waals surface area contributed by atoms with Crippen LogP contribution < -0.4 is 5.32 Å². The molecule has 170 valence electrons. The molecule has 2 aliphatic heterocycles. The molecule has 0 bridgehead atoms. The minimum Gasteiger partial charge on any atom is -0.339 e. The van der Waals surface area contributed by atoms with Gasteiger partial charge in [0.05, 0.1) is 17.2 Å². The number of benzene rings is 2. The summed E-state index contributed by atoms with van der Waals surface area (Å²) >= 11 is 0. The van der Waals surface area contributed by atoms with Crippen LogP contribution in [0.15, 0.2) is 48.5 Å². The van der Waals surface area contributed by atoms with Crippen molar-refractivity contribution < 1.29 is 14.0 Å². The number of hydrogen-bond donors (Lipinski definition) is 1. The molecule has 2 heterocycles. The van der Waals surface area contributed by atoms with Gasteiger partial charge in [-0.1, -0.05) is 37.1 Å². The van der Waals surface area contributed by atoms with Gasteiger partial charge in [0.15, 0.2) is 0 Å². The minimum atomic E-state index is -0.238. The Hall–Kier alpha value is -2.73. The SMILES string of the molecule is O=C(Nc1ccccc1C(=O)N1CCCCCC1)C1CCCN(Cc2ccc(F)cc2)C1. The topological polar surface area (TPSA) is 52.7 Å². The van der Waals surface area contributed by atoms with E-state index in [-0.39, 0.29) is 23.5 Å². The van der Waals surface area contributed by atoms with Crippen LogP contribution in [-0.2, 0) is 11.3 Å². The number of hydrogen-bond acceptors (Lipinski definition) is 3. The Balaban J connectivity index is 1.40. The van der Waals surface area contributed by atoms with Gasteiger partial charge in [-0.15, -0.1) is 0 Å². The third-order valence-electron chi connectivity index (χ3n) is 6.50. The van der Waals surface area contributed by atoms with Crippen molar-refractivity contribution in [2.45, 2.75) is 45.1 Å². The lowest BCUT2D eigenvalue weighted by Crippen LogP contribution is -2.40. The molecule has 2 aromatic carbocycles. The van der Waals surface area contributed by atoms with E-state index in [1.807, 2.05) is 29.2 Å². The number of para-hydroxylation sites is 1. The third-order valence-corrected chi connectivity index (χ3v) is 6.50. The first-order valence-corrected chi connectivity index (χ1v) is 11.8. The summed E-state index contributed by atoms with van der Waals surface area (Å²) in [5, 5.41) is 3.05. The van der Waals surface area contributed by atoms with Gasteiger partial charge in [0.2, 0.25) is 5.91 Å². The number of carbonyl (C=O) groups is 2. The summed E-state index contributed by atoms with van der Waals surface area (Å²) in [7, 11) is 0. The van der Waals surface area contributed by atoms with E-state index in [1.54, 1.807) is 12.1 Å². The molecule has 0 aromatic heterocycles. The number of amides is 2. The maximum Gasteiger partial charge on any atom is 0.255 e. The third kappa shape index (κ3) is 5.74. The first-order valence-electron chi connectivity index (χ1n) is 11.8. The number of nitrogens with one attached hydrogen (secondary N) is 1. The van der Waals surface area contributed by atoms with Crippen molar-refractivity contribution in [2.24, 2.45) is 5.92 Å². The van der Waals surface area contributed by atoms with Gasteiger partial charge in [-0.3, -0.25) is 14.5 Å². The van der Waals surface area contributed by atoms with Crippen molar-refractivity contribution in [1.82, 2.24) is 9.80 Å². The van der Waals surface area contributed by atoms with E-state index in [0.29, 0.717) is 24.3 Å². The van der Waals surface area contributed by atoms with Gasteiger partial charge in [0.1, 0.15) is 5.82 Å². The second-order valence-electron chi connectivity index (χ2n) is 8.94. The molecule has 5 nitrogen and oxygen atoms in total. The summed E-state index contributed by atoms with van der Waals surface area (Å²) in [6.45, 7) is 3.84. The van der Waals surface area contributed by atoms with Crippen molar-refractivity contribution >= 4 is 17.5 Å². The Morgan fingerprint density at radius 2 is 1.62 bits per heavy atom. The number of rotatable bonds is 5. The molecule has 0 aliphatic carbocycles. The summed E-state index contributed by atoms with van der Waals surface area (Å²) in [5.41, 5.74) is 2.21. The molecule has 1 atom stereocenters. The summed E-state index contributed by atoms with van der Waals surface area (Å²) in [4.78, 5) is 30.4. The molecule has 2 saturated heterocycles. The van der Waals surface area contributed by atoms with Crippen LogP contribution in [0, 0.1) is 11.7 Å². The predicted molar refractivity (Wildman–Crippen MR) is 124 cm³/mol. The molecule has 1 unspecified atom stereocenters. The van der Waals surface area contributed by atoms with Gasteiger partial charge < -0.3 is 10.2 Å². The molecule has 0 radical (unpaired) electrons. The van der Waals surface area contributed by atoms with E-state index in [1.165, 1.54) is 12.1 Å². The second kappa shape index (κ2) is 10.7. The van der Waals surface area contributed by atoms with Crippen LogP contribution in [0.25, 0.3) is 0 Å². The van der Waals surface area contributed by atoms with Gasteiger partial charge in [0.25, 0.3) is 5.91 Å². The minimum absolute atomic E-state index is 0.00406. The molecule has 2 amide bonds. The van der Waals surface area contributed by atoms with E-state index >= 15 is 0 Å². The number of halogens is 1. The van der Waals surface area contributed by atoms with E-state index in [2.05, 4.69) is 10.2 Å². The zero-order valence-corrected chi connectivity index (χ0v) is 18.6. The molecule has 4 rings (SSSR count). The molecule has 0 spiro atoms. The molecular weight excluding hydrogens is 405 g/mol. The molecule has 32 heavy (non-hydrogen) atoms. The Bertz CT molecular complexity index is 923. The second-order valence-corrected chi connectivity index (χ2v) is 8.94. The lowest BCUT2D eigenvalue weighted by Gasteiger charge is -2.32. The van der Waals surface area contributed by atoms with E-state index in [9.17, 15) is 14.0 Å². The number of carbonyl (C=O) groups excluding carboxylic acids is 2. The highest BCUT2D eigenvalue weighted by atomic mass is 19.1. The smallest absolute Gasteiger partial charge is 0.255 e. The lowest BCUT2D eigenvalue weighted by molar-refractivity contribution is -0.121. The molecule has 0 saturated carbocycles. The van der Waals surface area contributed by atoms with Crippen LogP contribution in [0.1, 0.15) is 54.4 Å². The largest absolute Gasteiger partial charge is 0.339 e. The highest BCUT2D eigenvalue weighted by Gasteiger charge is 2.27. The first kappa shape index (κ1) is 22.5. The van der Waals surface area contributed by atoms with Crippen molar-refractivity contribution in [3.8, 4) is 0 Å². The Kier molecular flexibility index (Phi) is 7.53. The average Bonchev–Trinajstić information content (AvgIpc) is 3.10. The van der Waals surface area contributed by atoms with E-state index < -0.39 is 0 Å². The summed E-state index contributed by atoms with van der Waals surface area (Å²) < 4.78 is 13.2. The van der Waals surface area contributed by atoms with Crippen molar-refractivity contribution in [2.75, 3.05) is 31.5 Å². The molecule has 2 fully saturated rings. The fourth-order valence-corrected chi connectivity index (χ4v) is 4.72. The highest BCUT2D eigenvalue weighted by Crippen LogP contribution is 2.24. The Morgan fingerprint density at radius 3 is 2.38 bits per heavy atom. The number of likely N-dealkylation sites (tertiary alicyclic amines) is 2. The molecular formula is C26H32FN3O2. The van der Waals surface area contributed by atoms with Crippen LogP contribution in [0.2, 0.25) is 0 Å². The molecule has 1 N–H and O–H groups in total. The van der Waals surface area contributed by atoms with Gasteiger partial charge >= 0.3 is 0 Å². The standard InChI is InChI=1S/C26H32FN3O2/c27-22-13-11-20(12-14-22)18-29-15-7-8-21(19-29)25(31)28-24-10-4-3-9-23(24)26(32)30-16-5-1-2-6-17-30/h3-4,9-14,21H,1-2,5-8,15-19H2,(H,28,31). The number of piperidine rings is 1. The van der Waals surface area contributed by atoms with E-state index in [4.69, 9.17) is 0 Å². The zero-order valence-electron chi connectivity index (χ0n) is 18.6. The number of nitrogens with zero attached hydrogens (tertiary/aromatic N) is 2. The van der Waals surface area contributed by atoms with Gasteiger partial charge in [0, 0.05) is 26.2 Å². The molecule has 6 heteroatoms. The normalized spacial score (nSPS) is 19.9. The fraction of sp³-hybridized carbons (Fsp3) is 0.462. The predicted octanol–water partition coefficient (Wildman–Crippen LogP) is 4.69. The summed E-state index contributed by atoms with van der Waals surface area (Å²) in [6, 6.07) is 13.9. The van der Waals surface area contributed by atoms with Crippen LogP contribution in [-0.4, -0.2) is 47.8 Å². The first-order chi connectivity index (χ1) is 15.6. The van der Waals surface area contributed by atoms with Crippen LogP contribution in [0.4, 0.5) is 10.1 Å². The summed E-state index contributed by atoms with van der Waals surface area (Å²) in [5.74, 6) is -0.405. The van der Waals surface area contributed by atoms with E-state index in [0.717, 1.165) is 63.7 Å². The fourth-order valence-electron chi connectivity index (χ4n) is 4.72. The van der Waals surface area contributed by atoms with Crippen molar-refractivity contribution in [3.63, 3.8) is 0 Å². The molecule has 2 aliphatic rings. The van der Waals surface area contributed by atoms with Crippen LogP contribution >= 0.6 is 0 Å². The van der Waals surface area contributed by atoms with Gasteiger partial charge in [-0.05, 0) is 62.1 Å². The lowest BCUT2D eigenvalue weighted by atomic mass is 9.96. The highest BCUT2D eigenvalue weighted by molar-refractivity contribution is 6.04. The quantitative estimate of drug-likeness (QED) is 0.738. The Labute approximate surface area is 189 Å².